The summed E-state index contributed by atoms with van der Waals surface area (Å²) in [5, 5.41) is 1.42. The molecule has 6 heteroatoms. The van der Waals surface area contributed by atoms with Gasteiger partial charge in [0.25, 0.3) is 0 Å². The summed E-state index contributed by atoms with van der Waals surface area (Å²) < 4.78 is 5.86. The van der Waals surface area contributed by atoms with Crippen molar-refractivity contribution in [1.29, 1.82) is 0 Å². The minimum Gasteiger partial charge on any atom is -0.375 e. The van der Waals surface area contributed by atoms with Crippen molar-refractivity contribution < 1.29 is 9.53 Å². The molecule has 3 aliphatic rings. The molecule has 2 aromatic carbocycles. The fourth-order valence-corrected chi connectivity index (χ4v) is 7.00. The van der Waals surface area contributed by atoms with Crippen LogP contribution in [0.1, 0.15) is 62.6 Å². The maximum Gasteiger partial charge on any atom is 0.229 e. The molecule has 4 nitrogen and oxygen atoms in total. The third-order valence-corrected chi connectivity index (χ3v) is 9.00. The van der Waals surface area contributed by atoms with Crippen LogP contribution in [0.5, 0.6) is 0 Å². The number of piperidine rings is 1. The van der Waals surface area contributed by atoms with Gasteiger partial charge in [0.1, 0.15) is 0 Å². The van der Waals surface area contributed by atoms with Crippen molar-refractivity contribution in [3.8, 4) is 0 Å². The summed E-state index contributed by atoms with van der Waals surface area (Å²) >= 11 is 12.8. The highest BCUT2D eigenvalue weighted by Gasteiger charge is 2.51. The largest absolute Gasteiger partial charge is 0.375 e. The lowest BCUT2D eigenvalue weighted by molar-refractivity contribution is -0.155. The number of carbonyl (C=O) groups excluding carboxylic acids is 1. The van der Waals surface area contributed by atoms with E-state index in [9.17, 15) is 4.79 Å². The summed E-state index contributed by atoms with van der Waals surface area (Å²) in [6, 6.07) is 16.6. The highest BCUT2D eigenvalue weighted by Crippen LogP contribution is 2.52. The van der Waals surface area contributed by atoms with E-state index in [4.69, 9.17) is 27.9 Å². The van der Waals surface area contributed by atoms with Crippen molar-refractivity contribution in [3.05, 3.63) is 82.4 Å². The lowest BCUT2D eigenvalue weighted by Gasteiger charge is -2.52. The number of carbonyl (C=O) groups is 1. The predicted molar refractivity (Wildman–Crippen MR) is 147 cm³/mol. The molecule has 192 valence electrons. The van der Waals surface area contributed by atoms with E-state index in [2.05, 4.69) is 54.5 Å². The van der Waals surface area contributed by atoms with Crippen molar-refractivity contribution in [1.82, 2.24) is 9.80 Å². The number of hydrogen-bond acceptors (Lipinski definition) is 3. The zero-order chi connectivity index (χ0) is 25.4. The van der Waals surface area contributed by atoms with Crippen LogP contribution in [0.3, 0.4) is 0 Å². The van der Waals surface area contributed by atoms with Crippen LogP contribution >= 0.6 is 23.2 Å². The van der Waals surface area contributed by atoms with E-state index in [-0.39, 0.29) is 23.9 Å². The third kappa shape index (κ3) is 4.86. The highest BCUT2D eigenvalue weighted by molar-refractivity contribution is 6.30. The number of nitrogens with zero attached hydrogens (tertiary/aromatic N) is 2. The number of rotatable bonds is 8. The SMILES string of the molecule is C=CC[C@@]1(C)C[C@H](c2cccc(Cl)c2)[C@@H](c2ccc(Cl)cc2)N(C(CC)CN2C[C@H]3C[C@@H]2CO3)C1=O. The average Bonchev–Trinajstić information content (AvgIpc) is 3.49. The quantitative estimate of drug-likeness (QED) is 0.351. The maximum absolute atomic E-state index is 14.4. The van der Waals surface area contributed by atoms with Crippen molar-refractivity contribution in [2.75, 3.05) is 19.7 Å². The second-order valence-corrected chi connectivity index (χ2v) is 11.9. The van der Waals surface area contributed by atoms with Gasteiger partial charge >= 0.3 is 0 Å². The predicted octanol–water partition coefficient (Wildman–Crippen LogP) is 6.88. The molecular formula is C30H36Cl2N2O2. The number of amides is 1. The molecule has 0 saturated carbocycles. The molecule has 0 aromatic heterocycles. The van der Waals surface area contributed by atoms with Gasteiger partial charge in [0.05, 0.1) is 24.2 Å². The summed E-state index contributed by atoms with van der Waals surface area (Å²) in [7, 11) is 0. The topological polar surface area (TPSA) is 32.8 Å². The van der Waals surface area contributed by atoms with E-state index in [1.165, 1.54) is 5.56 Å². The first-order valence-corrected chi connectivity index (χ1v) is 13.9. The Bertz CT molecular complexity index is 1110. The lowest BCUT2D eigenvalue weighted by atomic mass is 9.67. The molecule has 6 atom stereocenters. The normalized spacial score (nSPS) is 31.1. The van der Waals surface area contributed by atoms with Gasteiger partial charge in [-0.15, -0.1) is 6.58 Å². The molecular weight excluding hydrogens is 491 g/mol. The van der Waals surface area contributed by atoms with Crippen LogP contribution in [-0.2, 0) is 9.53 Å². The molecule has 3 fully saturated rings. The lowest BCUT2D eigenvalue weighted by Crippen LogP contribution is -2.58. The van der Waals surface area contributed by atoms with Crippen LogP contribution in [0.4, 0.5) is 0 Å². The number of allylic oxidation sites excluding steroid dienone is 1. The van der Waals surface area contributed by atoms with Gasteiger partial charge in [-0.2, -0.15) is 0 Å². The minimum absolute atomic E-state index is 0.0867. The Hall–Kier alpha value is -1.85. The molecule has 0 radical (unpaired) electrons. The van der Waals surface area contributed by atoms with Gasteiger partial charge in [0.2, 0.25) is 5.91 Å². The number of fused-ring (bicyclic) bond motifs is 2. The van der Waals surface area contributed by atoms with E-state index < -0.39 is 5.41 Å². The maximum atomic E-state index is 14.4. The van der Waals surface area contributed by atoms with Gasteiger partial charge in [-0.1, -0.05) is 67.4 Å². The fourth-order valence-electron chi connectivity index (χ4n) is 6.68. The Morgan fingerprint density at radius 2 is 1.94 bits per heavy atom. The number of benzene rings is 2. The zero-order valence-corrected chi connectivity index (χ0v) is 22.7. The first-order chi connectivity index (χ1) is 17.3. The van der Waals surface area contributed by atoms with Crippen molar-refractivity contribution in [2.24, 2.45) is 5.41 Å². The Morgan fingerprint density at radius 1 is 1.17 bits per heavy atom. The number of morpholine rings is 1. The summed E-state index contributed by atoms with van der Waals surface area (Å²) in [5.41, 5.74) is 1.75. The molecule has 1 amide bonds. The molecule has 3 aliphatic heterocycles. The van der Waals surface area contributed by atoms with Crippen molar-refractivity contribution in [3.63, 3.8) is 0 Å². The van der Waals surface area contributed by atoms with E-state index >= 15 is 0 Å². The monoisotopic (exact) mass is 526 g/mol. The van der Waals surface area contributed by atoms with E-state index in [0.717, 1.165) is 49.5 Å². The van der Waals surface area contributed by atoms with E-state index in [1.807, 2.05) is 30.3 Å². The van der Waals surface area contributed by atoms with Gasteiger partial charge in [-0.05, 0) is 61.1 Å². The Labute approximate surface area is 225 Å². The molecule has 5 rings (SSSR count). The molecule has 1 unspecified atom stereocenters. The standard InChI is InChI=1S/C30H36Cl2N2O2/c1-4-13-30(3)16-27(21-7-6-8-23(32)14-21)28(20-9-11-22(31)12-10-20)34(29(30)35)24(5-2)17-33-18-26-15-25(33)19-36-26/h4,6-12,14,24-28H,1,5,13,15-19H2,2-3H3/t24?,25-,26-,27-,28-,30+/m1/s1. The summed E-state index contributed by atoms with van der Waals surface area (Å²) in [4.78, 5) is 19.2. The van der Waals surface area contributed by atoms with E-state index in [0.29, 0.717) is 23.6 Å². The fraction of sp³-hybridized carbons (Fsp3) is 0.500. The summed E-state index contributed by atoms with van der Waals surface area (Å²) in [5.74, 6) is 0.313. The number of halogens is 2. The van der Waals surface area contributed by atoms with Crippen LogP contribution in [0, 0.1) is 5.41 Å². The molecule has 36 heavy (non-hydrogen) atoms. The number of hydrogen-bond donors (Lipinski definition) is 0. The number of likely N-dealkylation sites (tertiary alicyclic amines) is 2. The van der Waals surface area contributed by atoms with Gasteiger partial charge in [0, 0.05) is 41.1 Å². The Kier molecular flexibility index (Phi) is 7.51. The van der Waals surface area contributed by atoms with Gasteiger partial charge in [-0.3, -0.25) is 9.69 Å². The summed E-state index contributed by atoms with van der Waals surface area (Å²) in [6.07, 6.45) is 5.60. The second kappa shape index (κ2) is 10.5. The van der Waals surface area contributed by atoms with Gasteiger partial charge in [0.15, 0.2) is 0 Å². The smallest absolute Gasteiger partial charge is 0.229 e. The van der Waals surface area contributed by atoms with Crippen LogP contribution in [-0.4, -0.2) is 53.6 Å². The van der Waals surface area contributed by atoms with E-state index in [1.54, 1.807) is 0 Å². The Balaban J connectivity index is 1.60. The third-order valence-electron chi connectivity index (χ3n) is 8.51. The second-order valence-electron chi connectivity index (χ2n) is 11.0. The highest BCUT2D eigenvalue weighted by atomic mass is 35.5. The van der Waals surface area contributed by atoms with Crippen LogP contribution in [0.25, 0.3) is 0 Å². The summed E-state index contributed by atoms with van der Waals surface area (Å²) in [6.45, 7) is 10.9. The zero-order valence-electron chi connectivity index (χ0n) is 21.2. The molecule has 3 saturated heterocycles. The van der Waals surface area contributed by atoms with Crippen molar-refractivity contribution >= 4 is 29.1 Å². The molecule has 2 aromatic rings. The first-order valence-electron chi connectivity index (χ1n) is 13.1. The van der Waals surface area contributed by atoms with Crippen LogP contribution < -0.4 is 0 Å². The molecule has 2 bridgehead atoms. The molecule has 3 heterocycles. The van der Waals surface area contributed by atoms with Crippen molar-refractivity contribution in [2.45, 2.75) is 69.7 Å². The van der Waals surface area contributed by atoms with Gasteiger partial charge < -0.3 is 9.64 Å². The molecule has 0 aliphatic carbocycles. The average molecular weight is 528 g/mol. The Morgan fingerprint density at radius 3 is 2.56 bits per heavy atom. The number of ether oxygens (including phenoxy) is 1. The molecule has 0 N–H and O–H groups in total. The first kappa shape index (κ1) is 25.8. The van der Waals surface area contributed by atoms with Crippen LogP contribution in [0.2, 0.25) is 10.0 Å². The van der Waals surface area contributed by atoms with Crippen LogP contribution in [0.15, 0.2) is 61.2 Å². The van der Waals surface area contributed by atoms with Gasteiger partial charge in [-0.25, -0.2) is 0 Å². The molecule has 0 spiro atoms. The minimum atomic E-state index is -0.530.